The van der Waals surface area contributed by atoms with Crippen molar-refractivity contribution < 1.29 is 9.53 Å². The molecule has 1 fully saturated rings. The largest absolute Gasteiger partial charge is 0.483 e. The average Bonchev–Trinajstić information content (AvgIpc) is 2.63. The molecule has 0 aromatic heterocycles. The molecule has 0 aliphatic carbocycles. The number of ether oxygens (including phenoxy) is 1. The van der Waals surface area contributed by atoms with E-state index in [1.165, 1.54) is 12.8 Å². The molecule has 2 aromatic rings. The maximum atomic E-state index is 12.0. The van der Waals surface area contributed by atoms with Crippen molar-refractivity contribution in [1.29, 1.82) is 0 Å². The zero-order valence-electron chi connectivity index (χ0n) is 14.6. The van der Waals surface area contributed by atoms with Gasteiger partial charge in [0.25, 0.3) is 5.91 Å². The highest BCUT2D eigenvalue weighted by atomic mass is 79.9. The van der Waals surface area contributed by atoms with Crippen LogP contribution < -0.4 is 10.1 Å². The summed E-state index contributed by atoms with van der Waals surface area (Å²) in [5.41, 5.74) is 0. The topological polar surface area (TPSA) is 41.6 Å². The Morgan fingerprint density at radius 2 is 2.00 bits per heavy atom. The first kappa shape index (κ1) is 18.2. The monoisotopic (exact) mass is 404 g/mol. The first-order valence-corrected chi connectivity index (χ1v) is 9.68. The maximum absolute atomic E-state index is 12.0. The van der Waals surface area contributed by atoms with Gasteiger partial charge in [-0.05, 0) is 78.1 Å². The van der Waals surface area contributed by atoms with Gasteiger partial charge in [0.05, 0.1) is 4.47 Å². The Labute approximate surface area is 157 Å². The lowest BCUT2D eigenvalue weighted by molar-refractivity contribution is -0.123. The summed E-state index contributed by atoms with van der Waals surface area (Å²) in [5.74, 6) is 1.37. The van der Waals surface area contributed by atoms with Gasteiger partial charge >= 0.3 is 0 Å². The summed E-state index contributed by atoms with van der Waals surface area (Å²) in [7, 11) is 2.17. The van der Waals surface area contributed by atoms with Gasteiger partial charge in [-0.1, -0.05) is 30.3 Å². The number of hydrogen-bond acceptors (Lipinski definition) is 3. The van der Waals surface area contributed by atoms with Crippen molar-refractivity contribution in [2.45, 2.75) is 19.3 Å². The minimum absolute atomic E-state index is 0.0460. The minimum atomic E-state index is -0.0620. The summed E-state index contributed by atoms with van der Waals surface area (Å²) in [6, 6.07) is 12.0. The minimum Gasteiger partial charge on any atom is -0.483 e. The fourth-order valence-electron chi connectivity index (χ4n) is 3.29. The smallest absolute Gasteiger partial charge is 0.257 e. The molecule has 0 spiro atoms. The number of carbonyl (C=O) groups is 1. The molecule has 1 N–H and O–H groups in total. The highest BCUT2D eigenvalue weighted by Crippen LogP contribution is 2.32. The molecule has 1 heterocycles. The second kappa shape index (κ2) is 8.68. The number of carbonyl (C=O) groups excluding carboxylic acids is 1. The molecule has 1 amide bonds. The number of benzene rings is 2. The van der Waals surface area contributed by atoms with Crippen molar-refractivity contribution in [2.24, 2.45) is 5.92 Å². The molecule has 1 aliphatic rings. The van der Waals surface area contributed by atoms with E-state index in [4.69, 9.17) is 4.74 Å². The van der Waals surface area contributed by atoms with Crippen LogP contribution in [-0.4, -0.2) is 44.1 Å². The lowest BCUT2D eigenvalue weighted by Crippen LogP contribution is -2.34. The van der Waals surface area contributed by atoms with Crippen LogP contribution in [0.2, 0.25) is 0 Å². The molecule has 0 bridgehead atoms. The van der Waals surface area contributed by atoms with E-state index in [9.17, 15) is 4.79 Å². The second-order valence-corrected chi connectivity index (χ2v) is 7.57. The molecule has 1 saturated heterocycles. The van der Waals surface area contributed by atoms with Gasteiger partial charge < -0.3 is 15.0 Å². The number of halogens is 1. The molecule has 3 rings (SSSR count). The van der Waals surface area contributed by atoms with E-state index in [1.807, 2.05) is 30.3 Å². The van der Waals surface area contributed by atoms with E-state index in [0.717, 1.165) is 47.2 Å². The third kappa shape index (κ3) is 4.95. The number of nitrogens with one attached hydrogen (secondary N) is 1. The number of fused-ring (bicyclic) bond motifs is 1. The molecular weight excluding hydrogens is 380 g/mol. The summed E-state index contributed by atoms with van der Waals surface area (Å²) in [4.78, 5) is 14.4. The highest BCUT2D eigenvalue weighted by Gasteiger charge is 2.16. The van der Waals surface area contributed by atoms with Gasteiger partial charge in [0.1, 0.15) is 5.75 Å². The van der Waals surface area contributed by atoms with Crippen molar-refractivity contribution >= 4 is 32.6 Å². The number of nitrogens with zero attached hydrogens (tertiary/aromatic N) is 1. The summed E-state index contributed by atoms with van der Waals surface area (Å²) >= 11 is 3.58. The average molecular weight is 405 g/mol. The molecule has 25 heavy (non-hydrogen) atoms. The van der Waals surface area contributed by atoms with E-state index in [-0.39, 0.29) is 12.5 Å². The van der Waals surface area contributed by atoms with Crippen LogP contribution >= 0.6 is 15.9 Å². The first-order valence-electron chi connectivity index (χ1n) is 8.89. The normalized spacial score (nSPS) is 16.1. The Bertz CT molecular complexity index is 727. The van der Waals surface area contributed by atoms with Gasteiger partial charge in [0.2, 0.25) is 0 Å². The zero-order valence-corrected chi connectivity index (χ0v) is 16.2. The van der Waals surface area contributed by atoms with E-state index in [0.29, 0.717) is 5.75 Å². The van der Waals surface area contributed by atoms with E-state index >= 15 is 0 Å². The van der Waals surface area contributed by atoms with E-state index in [2.05, 4.69) is 39.3 Å². The lowest BCUT2D eigenvalue weighted by Gasteiger charge is -2.28. The van der Waals surface area contributed by atoms with Crippen molar-refractivity contribution in [1.82, 2.24) is 10.2 Å². The number of hydrogen-bond donors (Lipinski definition) is 1. The molecule has 134 valence electrons. The van der Waals surface area contributed by atoms with Crippen molar-refractivity contribution in [3.05, 3.63) is 40.9 Å². The third-order valence-corrected chi connectivity index (χ3v) is 5.72. The predicted molar refractivity (Wildman–Crippen MR) is 105 cm³/mol. The number of likely N-dealkylation sites (tertiary alicyclic amines) is 1. The Morgan fingerprint density at radius 3 is 2.80 bits per heavy atom. The Balaban J connectivity index is 1.44. The molecule has 5 heteroatoms. The summed E-state index contributed by atoms with van der Waals surface area (Å²) < 4.78 is 6.59. The van der Waals surface area contributed by atoms with Crippen LogP contribution in [0.3, 0.4) is 0 Å². The van der Waals surface area contributed by atoms with Crippen LogP contribution in [0.25, 0.3) is 10.8 Å². The maximum Gasteiger partial charge on any atom is 0.257 e. The van der Waals surface area contributed by atoms with Gasteiger partial charge in [-0.2, -0.15) is 0 Å². The van der Waals surface area contributed by atoms with Crippen LogP contribution in [-0.2, 0) is 4.79 Å². The van der Waals surface area contributed by atoms with Crippen LogP contribution in [0, 0.1) is 5.92 Å². The first-order chi connectivity index (χ1) is 12.1. The van der Waals surface area contributed by atoms with Gasteiger partial charge in [-0.15, -0.1) is 0 Å². The fourth-order valence-corrected chi connectivity index (χ4v) is 3.89. The van der Waals surface area contributed by atoms with Gasteiger partial charge in [0.15, 0.2) is 6.61 Å². The standard InChI is InChI=1S/C20H25BrN2O2/c1-23-12-9-15(10-13-23)8-11-22-19(24)14-25-18-7-6-16-4-2-3-5-17(16)20(18)21/h2-7,15H,8-14H2,1H3,(H,22,24). The van der Waals surface area contributed by atoms with Crippen molar-refractivity contribution in [3.63, 3.8) is 0 Å². The lowest BCUT2D eigenvalue weighted by atomic mass is 9.94. The van der Waals surface area contributed by atoms with Crippen LogP contribution in [0.1, 0.15) is 19.3 Å². The second-order valence-electron chi connectivity index (χ2n) is 6.77. The summed E-state index contributed by atoms with van der Waals surface area (Å²) in [5, 5.41) is 5.20. The molecule has 0 atom stereocenters. The molecule has 0 radical (unpaired) electrons. The quantitative estimate of drug-likeness (QED) is 0.795. The summed E-state index contributed by atoms with van der Waals surface area (Å²) in [6.07, 6.45) is 3.51. The van der Waals surface area contributed by atoms with E-state index in [1.54, 1.807) is 0 Å². The van der Waals surface area contributed by atoms with Crippen LogP contribution in [0.5, 0.6) is 5.75 Å². The van der Waals surface area contributed by atoms with Gasteiger partial charge in [-0.25, -0.2) is 0 Å². The van der Waals surface area contributed by atoms with Crippen molar-refractivity contribution in [2.75, 3.05) is 33.3 Å². The Kier molecular flexibility index (Phi) is 6.32. The zero-order chi connectivity index (χ0) is 17.6. The Morgan fingerprint density at radius 1 is 1.24 bits per heavy atom. The highest BCUT2D eigenvalue weighted by molar-refractivity contribution is 9.10. The number of amides is 1. The van der Waals surface area contributed by atoms with Gasteiger partial charge in [0, 0.05) is 6.54 Å². The molecule has 0 unspecified atom stereocenters. The Hall–Kier alpha value is -1.59. The van der Waals surface area contributed by atoms with Crippen molar-refractivity contribution in [3.8, 4) is 5.75 Å². The van der Waals surface area contributed by atoms with Gasteiger partial charge in [-0.3, -0.25) is 4.79 Å². The summed E-state index contributed by atoms with van der Waals surface area (Å²) in [6.45, 7) is 3.11. The number of rotatable bonds is 6. The third-order valence-electron chi connectivity index (χ3n) is 4.90. The molecular formula is C20H25BrN2O2. The molecule has 4 nitrogen and oxygen atoms in total. The van der Waals surface area contributed by atoms with E-state index < -0.39 is 0 Å². The van der Waals surface area contributed by atoms with Crippen LogP contribution in [0.15, 0.2) is 40.9 Å². The predicted octanol–water partition coefficient (Wildman–Crippen LogP) is 3.83. The molecule has 1 aliphatic heterocycles. The van der Waals surface area contributed by atoms with Crippen LogP contribution in [0.4, 0.5) is 0 Å². The molecule has 2 aromatic carbocycles. The molecule has 0 saturated carbocycles. The fraction of sp³-hybridized carbons (Fsp3) is 0.450. The number of piperidine rings is 1. The SMILES string of the molecule is CN1CCC(CCNC(=O)COc2ccc3ccccc3c2Br)CC1.